The minimum atomic E-state index is 0.504. The van der Waals surface area contributed by atoms with Gasteiger partial charge >= 0.3 is 0 Å². The maximum Gasteiger partial charge on any atom is 0.175 e. The summed E-state index contributed by atoms with van der Waals surface area (Å²) >= 11 is 17.4. The number of aromatic nitrogens is 2. The van der Waals surface area contributed by atoms with Crippen molar-refractivity contribution in [3.8, 4) is 0 Å². The first-order valence-electron chi connectivity index (χ1n) is 7.61. The van der Waals surface area contributed by atoms with Crippen LogP contribution < -0.4 is 10.6 Å². The van der Waals surface area contributed by atoms with Crippen LogP contribution in [0.15, 0.2) is 54.9 Å². The van der Waals surface area contributed by atoms with Crippen molar-refractivity contribution >= 4 is 51.9 Å². The van der Waals surface area contributed by atoms with Gasteiger partial charge in [0, 0.05) is 22.6 Å². The first-order chi connectivity index (χ1) is 12.0. The van der Waals surface area contributed by atoms with Crippen LogP contribution in [0.3, 0.4) is 0 Å². The Labute approximate surface area is 161 Å². The second-order valence-electron chi connectivity index (χ2n) is 5.55. The first-order valence-corrected chi connectivity index (χ1v) is 8.78. The van der Waals surface area contributed by atoms with Crippen LogP contribution >= 0.6 is 35.4 Å². The van der Waals surface area contributed by atoms with Gasteiger partial charge in [-0.2, -0.15) is 5.10 Å². The molecule has 3 aromatic rings. The zero-order valence-corrected chi connectivity index (χ0v) is 15.8. The largest absolute Gasteiger partial charge is 0.332 e. The van der Waals surface area contributed by atoms with Crippen LogP contribution in [0.5, 0.6) is 0 Å². The lowest BCUT2D eigenvalue weighted by Gasteiger charge is -2.14. The van der Waals surface area contributed by atoms with Gasteiger partial charge in [-0.3, -0.25) is 4.68 Å². The van der Waals surface area contributed by atoms with Crippen LogP contribution in [-0.4, -0.2) is 14.9 Å². The van der Waals surface area contributed by atoms with Gasteiger partial charge in [-0.05, 0) is 54.5 Å². The van der Waals surface area contributed by atoms with Gasteiger partial charge in [0.1, 0.15) is 0 Å². The van der Waals surface area contributed by atoms with Crippen molar-refractivity contribution in [3.05, 3.63) is 76.0 Å². The predicted octanol–water partition coefficient (Wildman–Crippen LogP) is 5.36. The Hall–Kier alpha value is -2.08. The summed E-state index contributed by atoms with van der Waals surface area (Å²) in [5.74, 6) is 0. The van der Waals surface area contributed by atoms with E-state index >= 15 is 0 Å². The Morgan fingerprint density at radius 3 is 2.72 bits per heavy atom. The number of hydrogen-bond acceptors (Lipinski definition) is 2. The lowest BCUT2D eigenvalue weighted by atomic mass is 10.2. The average molecular weight is 391 g/mol. The van der Waals surface area contributed by atoms with Gasteiger partial charge in [-0.1, -0.05) is 41.4 Å². The van der Waals surface area contributed by atoms with Gasteiger partial charge in [-0.15, -0.1) is 0 Å². The highest BCUT2D eigenvalue weighted by Crippen LogP contribution is 2.23. The fourth-order valence-corrected chi connectivity index (χ4v) is 2.95. The number of rotatable bonds is 4. The maximum atomic E-state index is 6.14. The van der Waals surface area contributed by atoms with E-state index in [-0.39, 0.29) is 0 Å². The molecule has 0 aliphatic heterocycles. The topological polar surface area (TPSA) is 41.9 Å². The van der Waals surface area contributed by atoms with E-state index in [1.807, 2.05) is 49.4 Å². The van der Waals surface area contributed by atoms with Crippen molar-refractivity contribution in [2.24, 2.45) is 0 Å². The van der Waals surface area contributed by atoms with Gasteiger partial charge in [0.2, 0.25) is 0 Å². The highest BCUT2D eigenvalue weighted by Gasteiger charge is 2.05. The Balaban J connectivity index is 1.67. The van der Waals surface area contributed by atoms with E-state index < -0.39 is 0 Å². The molecule has 0 amide bonds. The van der Waals surface area contributed by atoms with E-state index in [9.17, 15) is 0 Å². The molecule has 3 rings (SSSR count). The van der Waals surface area contributed by atoms with Gasteiger partial charge in [0.05, 0.1) is 17.8 Å². The Kier molecular flexibility index (Phi) is 5.58. The van der Waals surface area contributed by atoms with Crippen LogP contribution in [0, 0.1) is 6.92 Å². The molecule has 2 aromatic carbocycles. The lowest BCUT2D eigenvalue weighted by Crippen LogP contribution is -2.19. The zero-order valence-electron chi connectivity index (χ0n) is 13.5. The summed E-state index contributed by atoms with van der Waals surface area (Å²) < 4.78 is 1.79. The number of thiocarbonyl (C=S) groups is 1. The van der Waals surface area contributed by atoms with Crippen molar-refractivity contribution in [3.63, 3.8) is 0 Å². The number of nitrogens with one attached hydrogen (secondary N) is 2. The van der Waals surface area contributed by atoms with E-state index in [1.165, 1.54) is 0 Å². The van der Waals surface area contributed by atoms with Crippen LogP contribution in [0.2, 0.25) is 10.0 Å². The van der Waals surface area contributed by atoms with Crippen molar-refractivity contribution in [1.29, 1.82) is 0 Å². The Bertz CT molecular complexity index is 908. The van der Waals surface area contributed by atoms with E-state index in [4.69, 9.17) is 35.4 Å². The van der Waals surface area contributed by atoms with Gasteiger partial charge in [0.15, 0.2) is 5.11 Å². The summed E-state index contributed by atoms with van der Waals surface area (Å²) in [6.07, 6.45) is 3.41. The molecule has 0 bridgehead atoms. The summed E-state index contributed by atoms with van der Waals surface area (Å²) in [6.45, 7) is 2.58. The number of hydrogen-bond donors (Lipinski definition) is 2. The van der Waals surface area contributed by atoms with Gasteiger partial charge in [-0.25, -0.2) is 0 Å². The highest BCUT2D eigenvalue weighted by atomic mass is 35.5. The molecule has 1 heterocycles. The summed E-state index contributed by atoms with van der Waals surface area (Å²) in [6, 6.07) is 13.6. The molecule has 0 aliphatic rings. The molecular weight excluding hydrogens is 375 g/mol. The molecule has 0 unspecified atom stereocenters. The molecule has 0 saturated heterocycles. The maximum absolute atomic E-state index is 6.14. The molecule has 4 nitrogen and oxygen atoms in total. The first kappa shape index (κ1) is 17.7. The van der Waals surface area contributed by atoms with Crippen LogP contribution in [0.1, 0.15) is 11.1 Å². The fraction of sp³-hybridized carbons (Fsp3) is 0.111. The summed E-state index contributed by atoms with van der Waals surface area (Å²) in [5, 5.41) is 12.4. The lowest BCUT2D eigenvalue weighted by molar-refractivity contribution is 0.687. The van der Waals surface area contributed by atoms with Crippen molar-refractivity contribution in [1.82, 2.24) is 9.78 Å². The van der Waals surface area contributed by atoms with E-state index in [0.717, 1.165) is 22.5 Å². The standard InChI is InChI=1S/C18H16Cl2N4S/c1-12-16(20)6-3-7-17(12)23-18(25)22-15-5-2-4-13(8-15)10-24-11-14(19)9-21-24/h2-9,11H,10H2,1H3,(H2,22,23,25). The van der Waals surface area contributed by atoms with Crippen molar-refractivity contribution in [2.75, 3.05) is 10.6 Å². The quantitative estimate of drug-likeness (QED) is 0.588. The third-order valence-electron chi connectivity index (χ3n) is 3.65. The number of nitrogens with zero attached hydrogens (tertiary/aromatic N) is 2. The molecule has 25 heavy (non-hydrogen) atoms. The minimum absolute atomic E-state index is 0.504. The monoisotopic (exact) mass is 390 g/mol. The third-order valence-corrected chi connectivity index (χ3v) is 4.46. The van der Waals surface area contributed by atoms with Gasteiger partial charge in [0.25, 0.3) is 0 Å². The van der Waals surface area contributed by atoms with Crippen molar-refractivity contribution < 1.29 is 0 Å². The average Bonchev–Trinajstić information content (AvgIpc) is 2.97. The normalized spacial score (nSPS) is 10.5. The molecule has 0 fully saturated rings. The predicted molar refractivity (Wildman–Crippen MR) is 109 cm³/mol. The molecule has 0 aliphatic carbocycles. The van der Waals surface area contributed by atoms with E-state index in [2.05, 4.69) is 15.7 Å². The SMILES string of the molecule is Cc1c(Cl)cccc1NC(=S)Nc1cccc(Cn2cc(Cl)cn2)c1. The van der Waals surface area contributed by atoms with Crippen molar-refractivity contribution in [2.45, 2.75) is 13.5 Å². The van der Waals surface area contributed by atoms with Crippen LogP contribution in [0.4, 0.5) is 11.4 Å². The molecule has 0 spiro atoms. The summed E-state index contributed by atoms with van der Waals surface area (Å²) in [5.41, 5.74) is 3.82. The molecule has 1 aromatic heterocycles. The molecule has 2 N–H and O–H groups in total. The molecule has 7 heteroatoms. The number of anilines is 2. The van der Waals surface area contributed by atoms with E-state index in [1.54, 1.807) is 17.1 Å². The smallest absolute Gasteiger partial charge is 0.175 e. The molecule has 128 valence electrons. The minimum Gasteiger partial charge on any atom is -0.332 e. The molecular formula is C18H16Cl2N4S. The molecule has 0 radical (unpaired) electrons. The highest BCUT2D eigenvalue weighted by molar-refractivity contribution is 7.80. The fourth-order valence-electron chi connectivity index (χ4n) is 2.39. The summed E-state index contributed by atoms with van der Waals surface area (Å²) in [7, 11) is 0. The van der Waals surface area contributed by atoms with Crippen LogP contribution in [-0.2, 0) is 6.54 Å². The molecule has 0 atom stereocenters. The molecule has 0 saturated carbocycles. The van der Waals surface area contributed by atoms with Gasteiger partial charge < -0.3 is 10.6 Å². The second kappa shape index (κ2) is 7.87. The number of benzene rings is 2. The second-order valence-corrected chi connectivity index (χ2v) is 6.80. The Morgan fingerprint density at radius 2 is 1.96 bits per heavy atom. The summed E-state index contributed by atoms with van der Waals surface area (Å²) in [4.78, 5) is 0. The van der Waals surface area contributed by atoms with Crippen LogP contribution in [0.25, 0.3) is 0 Å². The van der Waals surface area contributed by atoms with E-state index in [0.29, 0.717) is 21.7 Å². The Morgan fingerprint density at radius 1 is 1.16 bits per heavy atom. The third kappa shape index (κ3) is 4.72. The zero-order chi connectivity index (χ0) is 17.8. The number of halogens is 2.